The fraction of sp³-hybridized carbons (Fsp3) is 0.375. The number of urea groups is 1. The Morgan fingerprint density at radius 3 is 2.60 bits per heavy atom. The van der Waals surface area contributed by atoms with Crippen LogP contribution in [0.2, 0.25) is 0 Å². The van der Waals surface area contributed by atoms with Crippen molar-refractivity contribution >= 4 is 29.4 Å². The minimum absolute atomic E-state index is 0.0212. The van der Waals surface area contributed by atoms with E-state index in [1.165, 1.54) is 0 Å². The van der Waals surface area contributed by atoms with Gasteiger partial charge in [0.15, 0.2) is 0 Å². The molecule has 0 aliphatic carbocycles. The van der Waals surface area contributed by atoms with Crippen LogP contribution in [0, 0.1) is 5.41 Å². The molecule has 3 amide bonds. The Bertz CT molecular complexity index is 674. The normalized spacial score (nSPS) is 16.6. The lowest BCUT2D eigenvalue weighted by Gasteiger charge is -2.17. The maximum atomic E-state index is 12.4. The number of amides is 3. The molecule has 1 fully saturated rings. The molecule has 0 saturated carbocycles. The van der Waals surface area contributed by atoms with Gasteiger partial charge < -0.3 is 26.4 Å². The molecule has 134 valence electrons. The lowest BCUT2D eigenvalue weighted by molar-refractivity contribution is -0.137. The van der Waals surface area contributed by atoms with E-state index in [-0.39, 0.29) is 24.7 Å². The Morgan fingerprint density at radius 1 is 1.32 bits per heavy atom. The van der Waals surface area contributed by atoms with Crippen LogP contribution in [0.25, 0.3) is 0 Å². The Balaban J connectivity index is 1.85. The molecule has 2 rings (SSSR count). The van der Waals surface area contributed by atoms with Gasteiger partial charge in [0.1, 0.15) is 11.9 Å². The number of benzene rings is 1. The number of nitrogens with one attached hydrogen (secondary N) is 3. The summed E-state index contributed by atoms with van der Waals surface area (Å²) >= 11 is 0. The zero-order valence-corrected chi connectivity index (χ0v) is 13.6. The lowest BCUT2D eigenvalue weighted by Crippen LogP contribution is -2.46. The highest BCUT2D eigenvalue weighted by Crippen LogP contribution is 2.22. The van der Waals surface area contributed by atoms with Gasteiger partial charge in [0.05, 0.1) is 0 Å². The summed E-state index contributed by atoms with van der Waals surface area (Å²) in [6.45, 7) is 0.706. The molecule has 9 nitrogen and oxygen atoms in total. The number of hydrogen-bond donors (Lipinski definition) is 5. The lowest BCUT2D eigenvalue weighted by atomic mass is 10.2. The quantitative estimate of drug-likeness (QED) is 0.272. The van der Waals surface area contributed by atoms with Crippen LogP contribution in [0.3, 0.4) is 0 Å². The summed E-state index contributed by atoms with van der Waals surface area (Å²) < 4.78 is 0. The summed E-state index contributed by atoms with van der Waals surface area (Å²) in [7, 11) is 0. The maximum Gasteiger partial charge on any atom is 0.315 e. The van der Waals surface area contributed by atoms with E-state index >= 15 is 0 Å². The first kappa shape index (κ1) is 18.2. The highest BCUT2D eigenvalue weighted by molar-refractivity contribution is 6.02. The van der Waals surface area contributed by atoms with Crippen LogP contribution in [-0.4, -0.2) is 48.0 Å². The number of aliphatic carboxylic acids is 1. The van der Waals surface area contributed by atoms with Crippen LogP contribution in [0.5, 0.6) is 0 Å². The van der Waals surface area contributed by atoms with Crippen molar-refractivity contribution in [2.45, 2.75) is 25.3 Å². The van der Waals surface area contributed by atoms with Crippen LogP contribution in [0.15, 0.2) is 24.3 Å². The molecular weight excluding hydrogens is 326 g/mol. The van der Waals surface area contributed by atoms with Gasteiger partial charge in [-0.25, -0.2) is 4.79 Å². The van der Waals surface area contributed by atoms with E-state index in [9.17, 15) is 14.4 Å². The second kappa shape index (κ2) is 8.13. The average Bonchev–Trinajstić information content (AvgIpc) is 2.92. The molecule has 1 aliphatic rings. The summed E-state index contributed by atoms with van der Waals surface area (Å²) in [6.07, 6.45) is 0.790. The van der Waals surface area contributed by atoms with Gasteiger partial charge in [0.2, 0.25) is 5.91 Å². The van der Waals surface area contributed by atoms with Gasteiger partial charge in [-0.05, 0) is 37.1 Å². The van der Waals surface area contributed by atoms with Crippen LogP contribution in [-0.2, 0) is 9.59 Å². The zero-order chi connectivity index (χ0) is 18.4. The smallest absolute Gasteiger partial charge is 0.315 e. The maximum absolute atomic E-state index is 12.4. The van der Waals surface area contributed by atoms with E-state index in [4.69, 9.17) is 16.2 Å². The Labute approximate surface area is 144 Å². The molecular formula is C16H21N5O4. The Hall–Kier alpha value is -3.10. The molecule has 9 heteroatoms. The summed E-state index contributed by atoms with van der Waals surface area (Å²) in [5.74, 6) is -1.17. The number of nitrogens with zero attached hydrogens (tertiary/aromatic N) is 1. The number of nitrogen functional groups attached to an aromatic ring is 1. The van der Waals surface area contributed by atoms with E-state index in [0.29, 0.717) is 30.6 Å². The van der Waals surface area contributed by atoms with Crippen LogP contribution in [0.4, 0.5) is 10.5 Å². The van der Waals surface area contributed by atoms with E-state index in [2.05, 4.69) is 10.6 Å². The largest absolute Gasteiger partial charge is 0.481 e. The fourth-order valence-electron chi connectivity index (χ4n) is 2.54. The minimum Gasteiger partial charge on any atom is -0.481 e. The van der Waals surface area contributed by atoms with Crippen LogP contribution < -0.4 is 21.3 Å². The molecule has 25 heavy (non-hydrogen) atoms. The number of amidine groups is 1. The summed E-state index contributed by atoms with van der Waals surface area (Å²) in [6, 6.07) is 5.65. The highest BCUT2D eigenvalue weighted by atomic mass is 16.4. The molecule has 0 radical (unpaired) electrons. The Morgan fingerprint density at radius 2 is 2.00 bits per heavy atom. The van der Waals surface area contributed by atoms with Crippen molar-refractivity contribution in [2.24, 2.45) is 5.73 Å². The summed E-state index contributed by atoms with van der Waals surface area (Å²) in [5.41, 5.74) is 6.66. The minimum atomic E-state index is -0.917. The molecule has 1 saturated heterocycles. The van der Waals surface area contributed by atoms with E-state index < -0.39 is 18.0 Å². The van der Waals surface area contributed by atoms with Gasteiger partial charge in [-0.15, -0.1) is 0 Å². The number of rotatable bonds is 7. The average molecular weight is 347 g/mol. The van der Waals surface area contributed by atoms with Crippen molar-refractivity contribution in [2.75, 3.05) is 18.0 Å². The van der Waals surface area contributed by atoms with Crippen molar-refractivity contribution in [1.82, 2.24) is 10.6 Å². The molecule has 1 atom stereocenters. The van der Waals surface area contributed by atoms with Gasteiger partial charge in [-0.3, -0.25) is 15.0 Å². The zero-order valence-electron chi connectivity index (χ0n) is 13.6. The van der Waals surface area contributed by atoms with E-state index in [1.807, 2.05) is 0 Å². The van der Waals surface area contributed by atoms with Gasteiger partial charge >= 0.3 is 12.0 Å². The fourth-order valence-corrected chi connectivity index (χ4v) is 2.54. The Kier molecular flexibility index (Phi) is 5.93. The molecule has 1 aromatic carbocycles. The first-order valence-corrected chi connectivity index (χ1v) is 7.90. The summed E-state index contributed by atoms with van der Waals surface area (Å²) in [5, 5.41) is 21.0. The van der Waals surface area contributed by atoms with Crippen molar-refractivity contribution in [1.29, 1.82) is 5.41 Å². The van der Waals surface area contributed by atoms with Crippen LogP contribution >= 0.6 is 0 Å². The van der Waals surface area contributed by atoms with Crippen molar-refractivity contribution in [3.05, 3.63) is 29.8 Å². The molecule has 0 bridgehead atoms. The molecule has 0 spiro atoms. The van der Waals surface area contributed by atoms with Crippen LogP contribution in [0.1, 0.15) is 24.8 Å². The number of carboxylic acid groups (broad SMARTS) is 1. The first-order valence-electron chi connectivity index (χ1n) is 7.90. The number of anilines is 1. The SMILES string of the molecule is N=C(N)c1ccc(N2CC[C@H](NC(=O)NCCCC(=O)O)C2=O)cc1. The van der Waals surface area contributed by atoms with Crippen molar-refractivity contribution in [3.8, 4) is 0 Å². The highest BCUT2D eigenvalue weighted by Gasteiger charge is 2.33. The molecule has 6 N–H and O–H groups in total. The predicted molar refractivity (Wildman–Crippen MR) is 91.6 cm³/mol. The van der Waals surface area contributed by atoms with E-state index in [1.54, 1.807) is 29.2 Å². The number of hydrogen-bond acceptors (Lipinski definition) is 4. The third-order valence-electron chi connectivity index (χ3n) is 3.85. The van der Waals surface area contributed by atoms with Gasteiger partial charge in [0.25, 0.3) is 0 Å². The van der Waals surface area contributed by atoms with Gasteiger partial charge in [-0.2, -0.15) is 0 Å². The number of nitrogens with two attached hydrogens (primary N) is 1. The van der Waals surface area contributed by atoms with Crippen molar-refractivity contribution in [3.63, 3.8) is 0 Å². The molecule has 1 heterocycles. The molecule has 0 unspecified atom stereocenters. The van der Waals surface area contributed by atoms with Gasteiger partial charge in [0, 0.05) is 30.8 Å². The second-order valence-electron chi connectivity index (χ2n) is 5.69. The van der Waals surface area contributed by atoms with Crippen molar-refractivity contribution < 1.29 is 19.5 Å². The molecule has 1 aromatic rings. The third-order valence-corrected chi connectivity index (χ3v) is 3.85. The molecule has 1 aliphatic heterocycles. The third kappa shape index (κ3) is 4.93. The summed E-state index contributed by atoms with van der Waals surface area (Å²) in [4.78, 5) is 36.2. The van der Waals surface area contributed by atoms with E-state index in [0.717, 1.165) is 0 Å². The monoisotopic (exact) mass is 347 g/mol. The second-order valence-corrected chi connectivity index (χ2v) is 5.69. The number of carbonyl (C=O) groups excluding carboxylic acids is 2. The number of carbonyl (C=O) groups is 3. The first-order chi connectivity index (χ1) is 11.9. The van der Waals surface area contributed by atoms with Gasteiger partial charge in [-0.1, -0.05) is 0 Å². The number of carboxylic acids is 1. The molecule has 0 aromatic heterocycles. The topological polar surface area (TPSA) is 149 Å². The standard InChI is InChI=1S/C16H21N5O4/c17-14(18)10-3-5-11(6-4-10)21-9-7-12(15(21)24)20-16(25)19-8-1-2-13(22)23/h3-6,12H,1-2,7-9H2,(H3,17,18)(H,22,23)(H2,19,20,25)/t12-/m0/s1. The predicted octanol–water partition coefficient (Wildman–Crippen LogP) is 0.240.